The van der Waals surface area contributed by atoms with Crippen LogP contribution < -0.4 is 0 Å². The molecular formula is C25H23IS. The molecule has 0 atom stereocenters. The molecule has 0 amide bonds. The molecular weight excluding hydrogens is 459 g/mol. The summed E-state index contributed by atoms with van der Waals surface area (Å²) in [5.74, 6) is 0. The van der Waals surface area contributed by atoms with E-state index in [0.29, 0.717) is 0 Å². The summed E-state index contributed by atoms with van der Waals surface area (Å²) in [6.07, 6.45) is 3.18. The predicted molar refractivity (Wildman–Crippen MR) is 130 cm³/mol. The minimum absolute atomic E-state index is 0.952. The number of hydrogen-bond donors (Lipinski definition) is 0. The van der Waals surface area contributed by atoms with Crippen molar-refractivity contribution < 1.29 is 0 Å². The molecule has 0 aliphatic carbocycles. The maximum absolute atomic E-state index is 4.26. The lowest BCUT2D eigenvalue weighted by Gasteiger charge is -2.08. The highest BCUT2D eigenvalue weighted by atomic mass is 127. The normalized spacial score (nSPS) is 11.1. The maximum atomic E-state index is 4.26. The molecule has 3 aromatic rings. The van der Waals surface area contributed by atoms with Crippen LogP contribution in [0.2, 0.25) is 0 Å². The van der Waals surface area contributed by atoms with Gasteiger partial charge in [-0.2, -0.15) is 0 Å². The molecule has 0 aliphatic rings. The average Bonchev–Trinajstić information content (AvgIpc) is 2.69. The molecule has 0 radical (unpaired) electrons. The fourth-order valence-electron chi connectivity index (χ4n) is 2.94. The van der Waals surface area contributed by atoms with E-state index in [1.807, 2.05) is 6.07 Å². The smallest absolute Gasteiger partial charge is 0.0162 e. The minimum atomic E-state index is 0.952. The van der Waals surface area contributed by atoms with Crippen molar-refractivity contribution in [3.8, 4) is 11.1 Å². The lowest BCUT2D eigenvalue weighted by Crippen LogP contribution is -1.91. The Morgan fingerprint density at radius 3 is 2.44 bits per heavy atom. The molecule has 27 heavy (non-hydrogen) atoms. The molecule has 0 N–H and O–H groups in total. The van der Waals surface area contributed by atoms with E-state index in [2.05, 4.69) is 115 Å². The monoisotopic (exact) mass is 482 g/mol. The van der Waals surface area contributed by atoms with Gasteiger partial charge in [0.25, 0.3) is 0 Å². The van der Waals surface area contributed by atoms with E-state index < -0.39 is 0 Å². The standard InChI is InChI=1S/C25H23IS/c1-18-16-25(26)19(2)15-22(18)13-8-14-27-20(3)23-11-7-12-24(17-23)21-9-5-4-6-10-21/h4-12,14-17H,3,13H2,1-2H3/b14-8+. The van der Waals surface area contributed by atoms with Crippen molar-refractivity contribution in [1.82, 2.24) is 0 Å². The highest BCUT2D eigenvalue weighted by Gasteiger charge is 2.03. The van der Waals surface area contributed by atoms with E-state index in [0.717, 1.165) is 11.3 Å². The molecule has 0 spiro atoms. The van der Waals surface area contributed by atoms with Gasteiger partial charge in [0, 0.05) is 8.48 Å². The summed E-state index contributed by atoms with van der Waals surface area (Å²) in [5.41, 5.74) is 7.73. The van der Waals surface area contributed by atoms with Gasteiger partial charge in [-0.05, 0) is 93.8 Å². The molecule has 0 heterocycles. The molecule has 0 bridgehead atoms. The lowest BCUT2D eigenvalue weighted by atomic mass is 10.0. The van der Waals surface area contributed by atoms with Crippen LogP contribution in [-0.2, 0) is 6.42 Å². The largest absolute Gasteiger partial charge is 0.0984 e. The molecule has 0 aliphatic heterocycles. The van der Waals surface area contributed by atoms with Crippen LogP contribution in [0.15, 0.2) is 84.8 Å². The fraction of sp³-hybridized carbons (Fsp3) is 0.120. The predicted octanol–water partition coefficient (Wildman–Crippen LogP) is 8.04. The number of halogens is 1. The van der Waals surface area contributed by atoms with Crippen molar-refractivity contribution in [2.75, 3.05) is 0 Å². The van der Waals surface area contributed by atoms with Crippen molar-refractivity contribution in [1.29, 1.82) is 0 Å². The number of rotatable bonds is 6. The second-order valence-corrected chi connectivity index (χ2v) is 8.75. The van der Waals surface area contributed by atoms with E-state index in [4.69, 9.17) is 0 Å². The number of hydrogen-bond acceptors (Lipinski definition) is 1. The molecule has 0 unspecified atom stereocenters. The average molecular weight is 482 g/mol. The van der Waals surface area contributed by atoms with E-state index in [1.54, 1.807) is 11.8 Å². The van der Waals surface area contributed by atoms with Gasteiger partial charge < -0.3 is 0 Å². The Hall–Kier alpha value is -1.78. The van der Waals surface area contributed by atoms with E-state index in [1.165, 1.54) is 37.0 Å². The van der Waals surface area contributed by atoms with Crippen molar-refractivity contribution in [3.63, 3.8) is 0 Å². The SMILES string of the molecule is C=C(S/C=C/Cc1cc(C)c(I)cc1C)c1cccc(-c2ccccc2)c1. The summed E-state index contributed by atoms with van der Waals surface area (Å²) in [4.78, 5) is 1.07. The molecule has 3 rings (SSSR count). The van der Waals surface area contributed by atoms with Gasteiger partial charge >= 0.3 is 0 Å². The molecule has 2 heteroatoms. The van der Waals surface area contributed by atoms with Gasteiger partial charge in [0.2, 0.25) is 0 Å². The summed E-state index contributed by atoms with van der Waals surface area (Å²) in [6, 6.07) is 23.6. The first-order chi connectivity index (χ1) is 13.0. The van der Waals surface area contributed by atoms with Crippen LogP contribution in [0.4, 0.5) is 0 Å². The molecule has 0 fully saturated rings. The summed E-state index contributed by atoms with van der Waals surface area (Å²) < 4.78 is 1.33. The van der Waals surface area contributed by atoms with Gasteiger partial charge in [0.05, 0.1) is 0 Å². The molecule has 0 nitrogen and oxygen atoms in total. The molecule has 0 aromatic heterocycles. The fourth-order valence-corrected chi connectivity index (χ4v) is 4.18. The van der Waals surface area contributed by atoms with Crippen LogP contribution >= 0.6 is 34.4 Å². The highest BCUT2D eigenvalue weighted by Crippen LogP contribution is 2.30. The van der Waals surface area contributed by atoms with Crippen LogP contribution in [0.5, 0.6) is 0 Å². The topological polar surface area (TPSA) is 0 Å². The Morgan fingerprint density at radius 2 is 1.67 bits per heavy atom. The Morgan fingerprint density at radius 1 is 0.926 bits per heavy atom. The van der Waals surface area contributed by atoms with Crippen LogP contribution in [0.25, 0.3) is 16.0 Å². The van der Waals surface area contributed by atoms with Crippen LogP contribution in [0.3, 0.4) is 0 Å². The van der Waals surface area contributed by atoms with Gasteiger partial charge in [0.1, 0.15) is 0 Å². The van der Waals surface area contributed by atoms with Gasteiger partial charge in [-0.15, -0.1) is 0 Å². The quantitative estimate of drug-likeness (QED) is 0.321. The Bertz CT molecular complexity index is 971. The van der Waals surface area contributed by atoms with Gasteiger partial charge in [-0.1, -0.05) is 79.0 Å². The van der Waals surface area contributed by atoms with Gasteiger partial charge in [0.15, 0.2) is 0 Å². The van der Waals surface area contributed by atoms with E-state index >= 15 is 0 Å². The third-order valence-electron chi connectivity index (χ3n) is 4.55. The first-order valence-electron chi connectivity index (χ1n) is 8.96. The van der Waals surface area contributed by atoms with Crippen LogP contribution in [-0.4, -0.2) is 0 Å². The molecule has 0 saturated carbocycles. The molecule has 136 valence electrons. The highest BCUT2D eigenvalue weighted by molar-refractivity contribution is 14.1. The van der Waals surface area contributed by atoms with Crippen molar-refractivity contribution in [2.24, 2.45) is 0 Å². The van der Waals surface area contributed by atoms with Crippen molar-refractivity contribution in [2.45, 2.75) is 20.3 Å². The molecule has 0 saturated heterocycles. The van der Waals surface area contributed by atoms with Crippen LogP contribution in [0, 0.1) is 17.4 Å². The number of aryl methyl sites for hydroxylation is 2. The Labute approximate surface area is 180 Å². The minimum Gasteiger partial charge on any atom is -0.0984 e. The summed E-state index contributed by atoms with van der Waals surface area (Å²) in [5, 5.41) is 2.16. The summed E-state index contributed by atoms with van der Waals surface area (Å²) in [6.45, 7) is 8.62. The number of allylic oxidation sites excluding steroid dienone is 1. The zero-order valence-electron chi connectivity index (χ0n) is 15.7. The second kappa shape index (κ2) is 9.43. The van der Waals surface area contributed by atoms with Gasteiger partial charge in [-0.3, -0.25) is 0 Å². The first kappa shape index (κ1) is 20.0. The summed E-state index contributed by atoms with van der Waals surface area (Å²) >= 11 is 4.09. The zero-order chi connectivity index (χ0) is 19.2. The van der Waals surface area contributed by atoms with E-state index in [-0.39, 0.29) is 0 Å². The number of thioether (sulfide) groups is 1. The molecule has 3 aromatic carbocycles. The third-order valence-corrected chi connectivity index (χ3v) is 6.56. The van der Waals surface area contributed by atoms with Gasteiger partial charge in [-0.25, -0.2) is 0 Å². The van der Waals surface area contributed by atoms with E-state index in [9.17, 15) is 0 Å². The Balaban J connectivity index is 1.64. The van der Waals surface area contributed by atoms with Crippen molar-refractivity contribution >= 4 is 39.3 Å². The first-order valence-corrected chi connectivity index (χ1v) is 10.9. The lowest BCUT2D eigenvalue weighted by molar-refractivity contribution is 1.19. The zero-order valence-corrected chi connectivity index (χ0v) is 18.7. The van der Waals surface area contributed by atoms with Crippen molar-refractivity contribution in [3.05, 3.63) is 111 Å². The second-order valence-electron chi connectivity index (χ2n) is 6.59. The maximum Gasteiger partial charge on any atom is 0.0162 e. The number of benzene rings is 3. The third kappa shape index (κ3) is 5.36. The summed E-state index contributed by atoms with van der Waals surface area (Å²) in [7, 11) is 0. The van der Waals surface area contributed by atoms with Crippen LogP contribution in [0.1, 0.15) is 22.3 Å². The Kier molecular flexibility index (Phi) is 6.97.